The zero-order chi connectivity index (χ0) is 13.9. The molecule has 0 aliphatic rings. The van der Waals surface area contributed by atoms with Crippen molar-refractivity contribution in [3.05, 3.63) is 0 Å². The summed E-state index contributed by atoms with van der Waals surface area (Å²) in [4.78, 5) is 0. The van der Waals surface area contributed by atoms with Crippen LogP contribution < -0.4 is 0 Å². The van der Waals surface area contributed by atoms with Crippen molar-refractivity contribution in [1.29, 1.82) is 0 Å². The standard InChI is InChI=1S/C6H16O2Si.C4H12O3Si/c1-5-7-9(3,4)8-6-2;1-5-8(4,6-2)7-3/h5-6H2,1-4H3;1-4H3. The van der Waals surface area contributed by atoms with Crippen molar-refractivity contribution >= 4 is 17.4 Å². The smallest absolute Gasteiger partial charge is 0.395 e. The summed E-state index contributed by atoms with van der Waals surface area (Å²) in [5.41, 5.74) is 0. The van der Waals surface area contributed by atoms with E-state index in [9.17, 15) is 0 Å². The third-order valence-corrected chi connectivity index (χ3v) is 6.29. The van der Waals surface area contributed by atoms with E-state index in [1.807, 2.05) is 20.4 Å². The van der Waals surface area contributed by atoms with Gasteiger partial charge in [-0.2, -0.15) is 0 Å². The van der Waals surface area contributed by atoms with Crippen LogP contribution in [-0.2, 0) is 22.1 Å². The molecular weight excluding hydrogens is 256 g/mol. The molecule has 0 aromatic carbocycles. The van der Waals surface area contributed by atoms with Gasteiger partial charge >= 0.3 is 17.4 Å². The van der Waals surface area contributed by atoms with Crippen molar-refractivity contribution in [2.75, 3.05) is 34.5 Å². The van der Waals surface area contributed by atoms with Crippen LogP contribution in [-0.4, -0.2) is 51.9 Å². The predicted molar refractivity (Wildman–Crippen MR) is 73.4 cm³/mol. The van der Waals surface area contributed by atoms with Crippen LogP contribution in [0.4, 0.5) is 0 Å². The summed E-state index contributed by atoms with van der Waals surface area (Å²) in [6.45, 7) is 11.5. The van der Waals surface area contributed by atoms with Crippen LogP contribution in [0.15, 0.2) is 0 Å². The van der Waals surface area contributed by atoms with Crippen LogP contribution in [0.1, 0.15) is 13.8 Å². The molecule has 0 aliphatic carbocycles. The van der Waals surface area contributed by atoms with Gasteiger partial charge in [-0.3, -0.25) is 0 Å². The average molecular weight is 285 g/mol. The van der Waals surface area contributed by atoms with Gasteiger partial charge in [0.1, 0.15) is 0 Å². The van der Waals surface area contributed by atoms with Gasteiger partial charge in [-0.25, -0.2) is 0 Å². The highest BCUT2D eigenvalue weighted by Crippen LogP contribution is 2.04. The summed E-state index contributed by atoms with van der Waals surface area (Å²) in [6.07, 6.45) is 0. The van der Waals surface area contributed by atoms with Crippen molar-refractivity contribution in [1.82, 2.24) is 0 Å². The number of hydrogen-bond acceptors (Lipinski definition) is 5. The summed E-state index contributed by atoms with van der Waals surface area (Å²) in [7, 11) is 0.873. The molecule has 0 rings (SSSR count). The van der Waals surface area contributed by atoms with Gasteiger partial charge in [0.25, 0.3) is 0 Å². The largest absolute Gasteiger partial charge is 0.496 e. The molecule has 106 valence electrons. The lowest BCUT2D eigenvalue weighted by molar-refractivity contribution is 0.132. The Balaban J connectivity index is 0. The lowest BCUT2D eigenvalue weighted by atomic mass is 10.9. The Morgan fingerprint density at radius 2 is 1.00 bits per heavy atom. The van der Waals surface area contributed by atoms with E-state index in [1.165, 1.54) is 0 Å². The topological polar surface area (TPSA) is 46.2 Å². The van der Waals surface area contributed by atoms with Gasteiger partial charge in [-0.1, -0.05) is 0 Å². The molecule has 0 N–H and O–H groups in total. The van der Waals surface area contributed by atoms with Crippen LogP contribution in [0.3, 0.4) is 0 Å². The molecule has 0 bridgehead atoms. The van der Waals surface area contributed by atoms with E-state index < -0.39 is 17.4 Å². The molecule has 0 aromatic rings. The summed E-state index contributed by atoms with van der Waals surface area (Å²) >= 11 is 0. The van der Waals surface area contributed by atoms with Crippen LogP contribution in [0, 0.1) is 0 Å². The maximum atomic E-state index is 5.39. The summed E-state index contributed by atoms with van der Waals surface area (Å²) in [5, 5.41) is 0. The van der Waals surface area contributed by atoms with Crippen LogP contribution in [0.5, 0.6) is 0 Å². The van der Waals surface area contributed by atoms with Crippen molar-refractivity contribution in [2.45, 2.75) is 33.5 Å². The molecule has 17 heavy (non-hydrogen) atoms. The Bertz CT molecular complexity index is 158. The van der Waals surface area contributed by atoms with Crippen molar-refractivity contribution in [3.8, 4) is 0 Å². The van der Waals surface area contributed by atoms with Gasteiger partial charge in [-0.05, 0) is 26.9 Å². The predicted octanol–water partition coefficient (Wildman–Crippen LogP) is 2.26. The van der Waals surface area contributed by atoms with Gasteiger partial charge in [0.15, 0.2) is 0 Å². The highest BCUT2D eigenvalue weighted by Gasteiger charge is 2.29. The maximum Gasteiger partial charge on any atom is 0.496 e. The molecular formula is C10H28O5Si2. The van der Waals surface area contributed by atoms with E-state index >= 15 is 0 Å². The van der Waals surface area contributed by atoms with Crippen molar-refractivity contribution < 1.29 is 22.1 Å². The highest BCUT2D eigenvalue weighted by molar-refractivity contribution is 6.64. The zero-order valence-corrected chi connectivity index (χ0v) is 14.5. The molecule has 0 saturated carbocycles. The van der Waals surface area contributed by atoms with Crippen molar-refractivity contribution in [3.63, 3.8) is 0 Å². The van der Waals surface area contributed by atoms with E-state index in [4.69, 9.17) is 22.1 Å². The van der Waals surface area contributed by atoms with Gasteiger partial charge in [0, 0.05) is 41.1 Å². The molecule has 5 nitrogen and oxygen atoms in total. The lowest BCUT2D eigenvalue weighted by Crippen LogP contribution is -2.38. The maximum absolute atomic E-state index is 5.39. The Hall–Kier alpha value is 0.234. The molecule has 0 aliphatic heterocycles. The summed E-state index contributed by atoms with van der Waals surface area (Å²) in [6, 6.07) is 0. The molecule has 0 radical (unpaired) electrons. The van der Waals surface area contributed by atoms with Crippen molar-refractivity contribution in [2.24, 2.45) is 0 Å². The number of hydrogen-bond donors (Lipinski definition) is 0. The minimum absolute atomic E-state index is 0.763. The zero-order valence-electron chi connectivity index (χ0n) is 12.5. The Labute approximate surface area is 108 Å². The Morgan fingerprint density at radius 1 is 0.706 bits per heavy atom. The average Bonchev–Trinajstić information content (AvgIpc) is 2.28. The normalized spacial score (nSPS) is 12.0. The van der Waals surface area contributed by atoms with Crippen LogP contribution in [0.2, 0.25) is 19.6 Å². The molecule has 0 atom stereocenters. The molecule has 0 fully saturated rings. The quantitative estimate of drug-likeness (QED) is 0.671. The second-order valence-corrected chi connectivity index (χ2v) is 10.1. The fraction of sp³-hybridized carbons (Fsp3) is 1.00. The molecule has 0 heterocycles. The molecule has 0 saturated heterocycles. The molecule has 0 unspecified atom stereocenters. The number of rotatable bonds is 7. The summed E-state index contributed by atoms with van der Waals surface area (Å²) in [5.74, 6) is 0. The SMILES string of the molecule is CCO[Si](C)(C)OCC.CO[Si](C)(OC)OC. The summed E-state index contributed by atoms with van der Waals surface area (Å²) < 4.78 is 25.6. The fourth-order valence-corrected chi connectivity index (χ4v) is 2.96. The first kappa shape index (κ1) is 19.6. The first-order chi connectivity index (χ1) is 7.80. The van der Waals surface area contributed by atoms with Gasteiger partial charge < -0.3 is 22.1 Å². The first-order valence-electron chi connectivity index (χ1n) is 5.74. The molecule has 0 amide bonds. The van der Waals surface area contributed by atoms with Gasteiger partial charge in [0.05, 0.1) is 0 Å². The first-order valence-corrected chi connectivity index (χ1v) is 10.8. The van der Waals surface area contributed by atoms with E-state index in [0.29, 0.717) is 0 Å². The van der Waals surface area contributed by atoms with Crippen LogP contribution in [0.25, 0.3) is 0 Å². The Morgan fingerprint density at radius 3 is 1.12 bits per heavy atom. The lowest BCUT2D eigenvalue weighted by Gasteiger charge is -2.20. The van der Waals surface area contributed by atoms with E-state index in [2.05, 4.69) is 13.1 Å². The molecule has 7 heteroatoms. The highest BCUT2D eigenvalue weighted by atomic mass is 28.4. The van der Waals surface area contributed by atoms with E-state index in [1.54, 1.807) is 21.3 Å². The molecule has 0 spiro atoms. The van der Waals surface area contributed by atoms with Crippen LogP contribution >= 0.6 is 0 Å². The van der Waals surface area contributed by atoms with Gasteiger partial charge in [0.2, 0.25) is 0 Å². The van der Waals surface area contributed by atoms with E-state index in [0.717, 1.165) is 13.2 Å². The second kappa shape index (κ2) is 10.2. The molecule has 0 aromatic heterocycles. The third kappa shape index (κ3) is 11.1. The minimum Gasteiger partial charge on any atom is -0.395 e. The third-order valence-electron chi connectivity index (χ3n) is 2.10. The van der Waals surface area contributed by atoms with E-state index in [-0.39, 0.29) is 0 Å². The minimum atomic E-state index is -2.17. The monoisotopic (exact) mass is 284 g/mol. The fourth-order valence-electron chi connectivity index (χ4n) is 0.987. The van der Waals surface area contributed by atoms with Gasteiger partial charge in [-0.15, -0.1) is 0 Å². The second-order valence-electron chi connectivity index (χ2n) is 3.74. The Kier molecular flexibility index (Phi) is 11.7.